The van der Waals surface area contributed by atoms with Gasteiger partial charge in [-0.2, -0.15) is 24.4 Å². The number of rotatable bonds is 33. The van der Waals surface area contributed by atoms with Crippen LogP contribution in [0.4, 0.5) is 4.79 Å². The van der Waals surface area contributed by atoms with Gasteiger partial charge in [-0.3, -0.25) is 38.4 Å². The zero-order valence-electron chi connectivity index (χ0n) is 52.6. The number of carboxylic acids is 2. The Balaban J connectivity index is 2.56. The lowest BCUT2D eigenvalue weighted by atomic mass is 9.96. The van der Waals surface area contributed by atoms with Gasteiger partial charge in [-0.15, -0.1) is 0 Å². The molecule has 0 saturated heterocycles. The lowest BCUT2D eigenvalue weighted by molar-refractivity contribution is -0.143. The van der Waals surface area contributed by atoms with Gasteiger partial charge in [0.05, 0.1) is 30.3 Å². The molecule has 0 aliphatic rings. The molecular weight excluding hydrogens is 1150 g/mol. The first-order chi connectivity index (χ1) is 39.7. The number of carboxylic acid groups (broad SMARTS) is 2. The van der Waals surface area contributed by atoms with Gasteiger partial charge in [-0.25, -0.2) is 9.59 Å². The molecule has 26 heteroatoms. The summed E-state index contributed by atoms with van der Waals surface area (Å²) < 4.78 is 23.6. The third-order valence-corrected chi connectivity index (χ3v) is 13.5. The van der Waals surface area contributed by atoms with Gasteiger partial charge in [0.2, 0.25) is 41.4 Å². The average Bonchev–Trinajstić information content (AvgIpc) is 3.10. The molecule has 10 atom stereocenters. The largest absolute Gasteiger partial charge is 0.488 e. The quantitative estimate of drug-likeness (QED) is 0.0445. The average molecular weight is 1250 g/mol. The predicted molar refractivity (Wildman–Crippen MR) is 330 cm³/mol. The Labute approximate surface area is 515 Å². The number of ether oxygens (including phenoxy) is 4. The van der Waals surface area contributed by atoms with Crippen LogP contribution in [0.25, 0.3) is 0 Å². The fraction of sp³-hybridized carbons (Fsp3) is 0.633. The van der Waals surface area contributed by atoms with Crippen LogP contribution in [0.1, 0.15) is 134 Å². The van der Waals surface area contributed by atoms with E-state index in [4.69, 9.17) is 18.9 Å². The molecule has 2 aromatic rings. The van der Waals surface area contributed by atoms with Crippen molar-refractivity contribution < 1.29 is 77.1 Å². The van der Waals surface area contributed by atoms with Crippen molar-refractivity contribution in [3.05, 3.63) is 65.7 Å². The molecule has 8 amide bonds. The van der Waals surface area contributed by atoms with E-state index in [2.05, 4.69) is 55.2 Å². The molecule has 0 aromatic heterocycles. The van der Waals surface area contributed by atoms with Crippen LogP contribution in [0.15, 0.2) is 54.6 Å². The summed E-state index contributed by atoms with van der Waals surface area (Å²) in [6.07, 6.45) is -1.08. The number of carbonyl (C=O) groups excluding carboxylic acids is 8. The maximum atomic E-state index is 14.6. The van der Waals surface area contributed by atoms with E-state index in [1.165, 1.54) is 18.7 Å². The molecule has 0 unspecified atom stereocenters. The van der Waals surface area contributed by atoms with E-state index in [0.29, 0.717) is 29.1 Å². The Hall–Kier alpha value is -6.64. The van der Waals surface area contributed by atoms with E-state index in [9.17, 15) is 58.2 Å². The number of nitrogens with one attached hydrogen (secondary N) is 8. The molecule has 482 valence electrons. The second kappa shape index (κ2) is 34.6. The Bertz CT molecular complexity index is 2590. The summed E-state index contributed by atoms with van der Waals surface area (Å²) in [6, 6.07) is 3.29. The summed E-state index contributed by atoms with van der Waals surface area (Å²) in [7, 11) is 0. The number of aliphatic carboxylic acids is 2. The van der Waals surface area contributed by atoms with E-state index in [1.807, 2.05) is 20.8 Å². The predicted octanol–water partition coefficient (Wildman–Crippen LogP) is 4.24. The molecule has 24 nitrogen and oxygen atoms in total. The SMILES string of the molecule is CC[C@H](C)[C@H](NC(=O)[C@H](Cc1ccccc1)NC(=O)[C@H](CC(=O)O)NC(=O)[C@H](CS)NC(=O)[C@@H](NC(=O)[C@H](COC(C)(C)C)NC(=O)[C@H](Cc1ccc(OC(C)(C)C)cc1)NC(=O)OC(C)(C)C)[C@@H](C)OC(C)(C)C)C(=O)N[C@@H](CCSC)C(=O)O. The van der Waals surface area contributed by atoms with Gasteiger partial charge in [0.15, 0.2) is 0 Å². The molecule has 0 heterocycles. The third-order valence-electron chi connectivity index (χ3n) is 12.5. The Morgan fingerprint density at radius 3 is 1.50 bits per heavy atom. The second-order valence-electron chi connectivity index (χ2n) is 24.9. The van der Waals surface area contributed by atoms with Crippen LogP contribution in [0, 0.1) is 5.92 Å². The van der Waals surface area contributed by atoms with Crippen LogP contribution in [0.3, 0.4) is 0 Å². The molecule has 10 N–H and O–H groups in total. The van der Waals surface area contributed by atoms with Crippen LogP contribution >= 0.6 is 24.4 Å². The summed E-state index contributed by atoms with van der Waals surface area (Å²) in [4.78, 5) is 137. The van der Waals surface area contributed by atoms with Crippen LogP contribution < -0.4 is 47.3 Å². The van der Waals surface area contributed by atoms with Crippen LogP contribution in [0.2, 0.25) is 0 Å². The molecule has 0 saturated carbocycles. The number of thiol groups is 1. The summed E-state index contributed by atoms with van der Waals surface area (Å²) in [6.45, 7) is 25.3. The Morgan fingerprint density at radius 2 is 1.00 bits per heavy atom. The minimum absolute atomic E-state index is 0.0712. The van der Waals surface area contributed by atoms with Crippen molar-refractivity contribution in [1.82, 2.24) is 42.5 Å². The first-order valence-electron chi connectivity index (χ1n) is 28.5. The van der Waals surface area contributed by atoms with Crippen LogP contribution in [-0.4, -0.2) is 171 Å². The minimum atomic E-state index is -1.88. The van der Waals surface area contributed by atoms with Crippen molar-refractivity contribution in [3.63, 3.8) is 0 Å². The molecule has 0 radical (unpaired) electrons. The lowest BCUT2D eigenvalue weighted by Crippen LogP contribution is -2.63. The monoisotopic (exact) mass is 1250 g/mol. The molecule has 0 fully saturated rings. The smallest absolute Gasteiger partial charge is 0.408 e. The van der Waals surface area contributed by atoms with Crippen molar-refractivity contribution in [2.45, 2.75) is 213 Å². The summed E-state index contributed by atoms with van der Waals surface area (Å²) in [5, 5.41) is 40.3. The summed E-state index contributed by atoms with van der Waals surface area (Å²) in [5.74, 6) is -9.46. The van der Waals surface area contributed by atoms with Crippen molar-refractivity contribution >= 4 is 83.8 Å². The van der Waals surface area contributed by atoms with Gasteiger partial charge < -0.3 is 71.7 Å². The van der Waals surface area contributed by atoms with Gasteiger partial charge in [-0.1, -0.05) is 62.7 Å². The van der Waals surface area contributed by atoms with Gasteiger partial charge in [0.25, 0.3) is 0 Å². The number of hydrogen-bond donors (Lipinski definition) is 11. The van der Waals surface area contributed by atoms with Crippen LogP contribution in [-0.2, 0) is 70.2 Å². The molecule has 0 aliphatic heterocycles. The van der Waals surface area contributed by atoms with E-state index in [0.717, 1.165) is 0 Å². The fourth-order valence-electron chi connectivity index (χ4n) is 8.16. The fourth-order valence-corrected chi connectivity index (χ4v) is 8.89. The minimum Gasteiger partial charge on any atom is -0.488 e. The second-order valence-corrected chi connectivity index (χ2v) is 26.2. The highest BCUT2D eigenvalue weighted by Crippen LogP contribution is 2.21. The first-order valence-corrected chi connectivity index (χ1v) is 30.6. The summed E-state index contributed by atoms with van der Waals surface area (Å²) >= 11 is 5.69. The van der Waals surface area contributed by atoms with E-state index in [1.54, 1.807) is 137 Å². The Morgan fingerprint density at radius 1 is 0.535 bits per heavy atom. The molecule has 2 rings (SSSR count). The highest BCUT2D eigenvalue weighted by molar-refractivity contribution is 7.98. The molecular formula is C60H94N8O16S2. The Kier molecular flexibility index (Phi) is 30.4. The van der Waals surface area contributed by atoms with Crippen molar-refractivity contribution in [3.8, 4) is 5.75 Å². The van der Waals surface area contributed by atoms with Gasteiger partial charge in [-0.05, 0) is 138 Å². The number of alkyl carbamates (subject to hydrolysis) is 1. The number of thioether (sulfide) groups is 1. The number of hydrogen-bond acceptors (Lipinski definition) is 16. The lowest BCUT2D eigenvalue weighted by Gasteiger charge is -2.33. The zero-order valence-corrected chi connectivity index (χ0v) is 54.3. The maximum absolute atomic E-state index is 14.6. The van der Waals surface area contributed by atoms with Gasteiger partial charge in [0, 0.05) is 18.6 Å². The molecule has 0 spiro atoms. The maximum Gasteiger partial charge on any atom is 0.408 e. The first kappa shape index (κ1) is 75.5. The van der Waals surface area contributed by atoms with E-state index in [-0.39, 0.29) is 19.3 Å². The standard InChI is InChI=1S/C60H94N8O16S2/c1-17-34(2)46(53(76)61-39(55(78)79)27-28-86-16)67-50(73)40(29-36-21-19-18-20-22-36)62-49(72)42(31-45(69)70)63-52(75)44(33-85)65-54(77)47(35(3)82-58(7,8)9)68-51(74)43(32-81-57(4,5)6)64-48(71)41(66-56(80)84-60(13,14)15)30-37-23-25-38(26-24-37)83-59(10,11)12/h18-26,34-35,39-44,46-47,85H,17,27-33H2,1-16H3,(H,61,76)(H,62,72)(H,63,75)(H,64,71)(H,65,77)(H,66,80)(H,67,73)(H,68,74)(H,69,70)(H,78,79)/t34-,35+,39-,40-,41-,42-,43-,44-,46-,47-/m0/s1. The molecule has 86 heavy (non-hydrogen) atoms. The number of carbonyl (C=O) groups is 10. The van der Waals surface area contributed by atoms with Crippen LogP contribution in [0.5, 0.6) is 5.75 Å². The van der Waals surface area contributed by atoms with Gasteiger partial charge >= 0.3 is 18.0 Å². The van der Waals surface area contributed by atoms with E-state index < -0.39 is 161 Å². The van der Waals surface area contributed by atoms with Gasteiger partial charge in [0.1, 0.15) is 65.3 Å². The third kappa shape index (κ3) is 29.2. The molecule has 0 bridgehead atoms. The normalized spacial score (nSPS) is 15.4. The van der Waals surface area contributed by atoms with Crippen molar-refractivity contribution in [1.29, 1.82) is 0 Å². The molecule has 2 aromatic carbocycles. The topological polar surface area (TPSA) is 344 Å². The molecule has 0 aliphatic carbocycles. The number of amides is 8. The van der Waals surface area contributed by atoms with Crippen molar-refractivity contribution in [2.24, 2.45) is 5.92 Å². The highest BCUT2D eigenvalue weighted by atomic mass is 32.2. The van der Waals surface area contributed by atoms with E-state index >= 15 is 0 Å². The highest BCUT2D eigenvalue weighted by Gasteiger charge is 2.39. The number of benzene rings is 2. The summed E-state index contributed by atoms with van der Waals surface area (Å²) in [5.41, 5.74) is -2.07. The zero-order chi connectivity index (χ0) is 65.5. The van der Waals surface area contributed by atoms with Crippen molar-refractivity contribution in [2.75, 3.05) is 24.4 Å².